The van der Waals surface area contributed by atoms with Crippen molar-refractivity contribution in [2.24, 2.45) is 10.8 Å². The van der Waals surface area contributed by atoms with Crippen LogP contribution in [-0.4, -0.2) is 70.1 Å². The number of rotatable bonds is 11. The number of nitrogen functional groups attached to an aromatic ring is 1. The van der Waals surface area contributed by atoms with Crippen molar-refractivity contribution in [2.45, 2.75) is 72.1 Å². The highest BCUT2D eigenvalue weighted by molar-refractivity contribution is 7.53. The minimum Gasteiger partial charge on any atom is -0.438 e. The van der Waals surface area contributed by atoms with E-state index < -0.39 is 85.8 Å². The van der Waals surface area contributed by atoms with Crippen LogP contribution in [0.3, 0.4) is 0 Å². The van der Waals surface area contributed by atoms with Crippen molar-refractivity contribution < 1.29 is 46.9 Å². The number of aliphatic hydroxyl groups excluding tert-OH is 1. The molecule has 0 aromatic carbocycles. The molecule has 222 valence electrons. The molecule has 2 heterocycles. The maximum absolute atomic E-state index is 15.2. The van der Waals surface area contributed by atoms with E-state index >= 15 is 4.39 Å². The van der Waals surface area contributed by atoms with Gasteiger partial charge in [-0.3, -0.25) is 27.8 Å². The van der Waals surface area contributed by atoms with Crippen LogP contribution < -0.4 is 11.4 Å². The van der Waals surface area contributed by atoms with Gasteiger partial charge in [-0.15, -0.1) is 11.6 Å². The van der Waals surface area contributed by atoms with Gasteiger partial charge in [0.15, 0.2) is 12.4 Å². The summed E-state index contributed by atoms with van der Waals surface area (Å²) < 4.78 is 55.8. The third kappa shape index (κ3) is 8.45. The monoisotopic (exact) mass is 599 g/mol. The van der Waals surface area contributed by atoms with Gasteiger partial charge in [-0.1, -0.05) is 0 Å². The number of aromatic nitrogens is 2. The zero-order chi connectivity index (χ0) is 29.8. The van der Waals surface area contributed by atoms with Crippen molar-refractivity contribution in [1.29, 1.82) is 0 Å². The fraction of sp³-hybridized carbons (Fsp3) is 0.739. The second-order valence-electron chi connectivity index (χ2n) is 11.1. The summed E-state index contributed by atoms with van der Waals surface area (Å²) in [5.41, 5.74) is 0.977. The molecular formula is C23H36ClFN3O10P. The second-order valence-corrected chi connectivity index (χ2v) is 13.5. The molecule has 16 heteroatoms. The number of carbonyl (C=O) groups is 2. The topological polar surface area (TPSA) is 178 Å². The molecule has 13 nitrogen and oxygen atoms in total. The Morgan fingerprint density at radius 2 is 1.69 bits per heavy atom. The molecule has 1 saturated heterocycles. The van der Waals surface area contributed by atoms with E-state index in [2.05, 4.69) is 4.98 Å². The van der Waals surface area contributed by atoms with Crippen molar-refractivity contribution in [3.05, 3.63) is 22.7 Å². The number of alkyl halides is 2. The minimum atomic E-state index is -4.22. The average Bonchev–Trinajstić information content (AvgIpc) is 3.07. The molecule has 0 bridgehead atoms. The van der Waals surface area contributed by atoms with Crippen LogP contribution in [-0.2, 0) is 37.4 Å². The van der Waals surface area contributed by atoms with E-state index in [1.54, 1.807) is 41.5 Å². The molecule has 0 aliphatic carbocycles. The van der Waals surface area contributed by atoms with Crippen molar-refractivity contribution in [3.8, 4) is 0 Å². The number of ether oxygens (including phenoxy) is 3. The number of nitrogens with zero attached hydrogens (tertiary/aromatic N) is 2. The van der Waals surface area contributed by atoms with Crippen LogP contribution in [0, 0.1) is 10.8 Å². The van der Waals surface area contributed by atoms with E-state index in [9.17, 15) is 24.1 Å². The summed E-state index contributed by atoms with van der Waals surface area (Å²) >= 11 is 6.08. The Labute approximate surface area is 230 Å². The third-order valence-corrected chi connectivity index (χ3v) is 7.95. The lowest BCUT2D eigenvalue weighted by Gasteiger charge is -2.31. The lowest BCUT2D eigenvalue weighted by Crippen LogP contribution is -2.44. The van der Waals surface area contributed by atoms with Crippen LogP contribution in [0.25, 0.3) is 0 Å². The van der Waals surface area contributed by atoms with Crippen LogP contribution in [0.5, 0.6) is 0 Å². The smallest absolute Gasteiger partial charge is 0.351 e. The Morgan fingerprint density at radius 1 is 1.18 bits per heavy atom. The van der Waals surface area contributed by atoms with Crippen LogP contribution in [0.4, 0.5) is 10.2 Å². The number of esters is 2. The van der Waals surface area contributed by atoms with E-state index in [4.69, 9.17) is 40.6 Å². The standard InChI is InChI=1S/C23H36ClFN3O10P/c1-21(2,3)18(30)34-12-36-39(33,37-13-35-19(31)22(4,5)6)10-8-23(11-24)16(29)15(25)17(38-23)28-9-7-14(26)27-20(28)32/h7,9,15-17,29H,8,10-13H2,1-6H3,(H2,26,27,32)/t15-,16+,17?,23+/m1/s1. The average molecular weight is 600 g/mol. The predicted molar refractivity (Wildman–Crippen MR) is 137 cm³/mol. The highest BCUT2D eigenvalue weighted by atomic mass is 35.5. The summed E-state index contributed by atoms with van der Waals surface area (Å²) in [4.78, 5) is 39.9. The molecule has 1 aromatic rings. The van der Waals surface area contributed by atoms with Gasteiger partial charge in [0.25, 0.3) is 0 Å². The van der Waals surface area contributed by atoms with Crippen LogP contribution >= 0.6 is 19.2 Å². The zero-order valence-corrected chi connectivity index (χ0v) is 24.4. The summed E-state index contributed by atoms with van der Waals surface area (Å²) in [6.45, 7) is 8.09. The molecule has 1 unspecified atom stereocenters. The summed E-state index contributed by atoms with van der Waals surface area (Å²) in [5.74, 6) is -1.86. The Kier molecular flexibility index (Phi) is 10.7. The molecule has 1 aliphatic heterocycles. The largest absolute Gasteiger partial charge is 0.438 e. The van der Waals surface area contributed by atoms with Crippen LogP contribution in [0.1, 0.15) is 54.2 Å². The maximum atomic E-state index is 15.2. The predicted octanol–water partition coefficient (Wildman–Crippen LogP) is 2.74. The van der Waals surface area contributed by atoms with Gasteiger partial charge in [-0.25, -0.2) is 9.18 Å². The lowest BCUT2D eigenvalue weighted by molar-refractivity contribution is -0.162. The fourth-order valence-electron chi connectivity index (χ4n) is 3.28. The number of anilines is 1. The molecule has 0 spiro atoms. The molecule has 4 atom stereocenters. The fourth-order valence-corrected chi connectivity index (χ4v) is 5.05. The molecule has 0 radical (unpaired) electrons. The number of aliphatic hydroxyl groups is 1. The summed E-state index contributed by atoms with van der Waals surface area (Å²) in [7, 11) is -4.22. The van der Waals surface area contributed by atoms with Crippen molar-refractivity contribution >= 4 is 37.0 Å². The first-order chi connectivity index (χ1) is 17.8. The van der Waals surface area contributed by atoms with Gasteiger partial charge in [0, 0.05) is 6.20 Å². The number of hydrogen-bond donors (Lipinski definition) is 2. The van der Waals surface area contributed by atoms with Gasteiger partial charge in [0.2, 0.25) is 13.6 Å². The van der Waals surface area contributed by atoms with Crippen molar-refractivity contribution in [1.82, 2.24) is 9.55 Å². The SMILES string of the molecule is CC(C)(C)C(=O)OCOP(=O)(CC[C@@]1(CCl)OC(n2ccc(N)nc2=O)[C@H](F)[C@@H]1O)OCOC(=O)C(C)(C)C. The minimum absolute atomic E-state index is 0.0941. The first-order valence-corrected chi connectivity index (χ1v) is 14.2. The summed E-state index contributed by atoms with van der Waals surface area (Å²) in [6.07, 6.45) is -5.33. The summed E-state index contributed by atoms with van der Waals surface area (Å²) in [5, 5.41) is 10.7. The molecule has 0 saturated carbocycles. The Morgan fingerprint density at radius 3 is 2.13 bits per heavy atom. The second kappa shape index (κ2) is 12.6. The van der Waals surface area contributed by atoms with Crippen LogP contribution in [0.2, 0.25) is 0 Å². The maximum Gasteiger partial charge on any atom is 0.351 e. The zero-order valence-electron chi connectivity index (χ0n) is 22.7. The lowest BCUT2D eigenvalue weighted by atomic mass is 9.95. The molecule has 0 amide bonds. The van der Waals surface area contributed by atoms with E-state index in [0.717, 1.165) is 10.8 Å². The van der Waals surface area contributed by atoms with E-state index in [-0.39, 0.29) is 12.2 Å². The third-order valence-electron chi connectivity index (χ3n) is 5.73. The molecule has 3 N–H and O–H groups in total. The number of halogens is 2. The number of carbonyl (C=O) groups excluding carboxylic acids is 2. The van der Waals surface area contributed by atoms with Crippen LogP contribution in [0.15, 0.2) is 17.1 Å². The highest BCUT2D eigenvalue weighted by Crippen LogP contribution is 2.52. The van der Waals surface area contributed by atoms with Crippen molar-refractivity contribution in [2.75, 3.05) is 31.4 Å². The first kappa shape index (κ1) is 33.1. The molecule has 1 fully saturated rings. The first-order valence-electron chi connectivity index (χ1n) is 12.0. The number of nitrogens with two attached hydrogens (primary N) is 1. The number of hydrogen-bond acceptors (Lipinski definition) is 12. The molecular weight excluding hydrogens is 564 g/mol. The van der Waals surface area contributed by atoms with Gasteiger partial charge < -0.3 is 25.1 Å². The Bertz CT molecular complexity index is 1100. The quantitative estimate of drug-likeness (QED) is 0.165. The van der Waals surface area contributed by atoms with E-state index in [1.165, 1.54) is 6.07 Å². The van der Waals surface area contributed by atoms with Gasteiger partial charge in [-0.05, 0) is 54.0 Å². The molecule has 2 rings (SSSR count). The highest BCUT2D eigenvalue weighted by Gasteiger charge is 2.56. The molecule has 1 aliphatic rings. The van der Waals surface area contributed by atoms with Gasteiger partial charge in [-0.2, -0.15) is 4.98 Å². The van der Waals surface area contributed by atoms with Gasteiger partial charge >= 0.3 is 25.2 Å². The normalized spacial score (nSPS) is 24.0. The van der Waals surface area contributed by atoms with E-state index in [1.807, 2.05) is 0 Å². The van der Waals surface area contributed by atoms with Gasteiger partial charge in [0.1, 0.15) is 17.5 Å². The summed E-state index contributed by atoms with van der Waals surface area (Å²) in [6, 6.07) is 1.25. The molecule has 1 aromatic heterocycles. The Hall–Kier alpha value is -2.09. The van der Waals surface area contributed by atoms with Gasteiger partial charge in [0.05, 0.1) is 22.9 Å². The van der Waals surface area contributed by atoms with E-state index in [0.29, 0.717) is 0 Å². The molecule has 39 heavy (non-hydrogen) atoms. The Balaban J connectivity index is 2.21. The van der Waals surface area contributed by atoms with Crippen molar-refractivity contribution in [3.63, 3.8) is 0 Å².